The molecule has 43 heavy (non-hydrogen) atoms. The van der Waals surface area contributed by atoms with Gasteiger partial charge in [0.2, 0.25) is 11.9 Å². The summed E-state index contributed by atoms with van der Waals surface area (Å²) in [6.07, 6.45) is 2.03. The largest absolute Gasteiger partial charge is 0.416 e. The van der Waals surface area contributed by atoms with E-state index < -0.39 is 11.7 Å². The van der Waals surface area contributed by atoms with Crippen molar-refractivity contribution in [3.63, 3.8) is 0 Å². The molecule has 0 atom stereocenters. The van der Waals surface area contributed by atoms with E-state index in [0.717, 1.165) is 23.6 Å². The number of carbonyl (C=O) groups excluding carboxylic acids is 1. The highest BCUT2D eigenvalue weighted by Crippen LogP contribution is 2.29. The molecule has 5 rings (SSSR count). The number of alkyl halides is 3. The summed E-state index contributed by atoms with van der Waals surface area (Å²) >= 11 is 6.05. The van der Waals surface area contributed by atoms with Gasteiger partial charge in [-0.3, -0.25) is 4.79 Å². The number of piperidine rings is 1. The molecule has 3 heterocycles. The lowest BCUT2D eigenvalue weighted by molar-refractivity contribution is -0.137. The van der Waals surface area contributed by atoms with Crippen LogP contribution in [0.5, 0.6) is 0 Å². The first kappa shape index (κ1) is 31.8. The monoisotopic (exact) mass is 613 g/mol. The molecule has 228 valence electrons. The number of carbonyl (C=O) groups is 1. The van der Waals surface area contributed by atoms with Gasteiger partial charge in [0.1, 0.15) is 11.6 Å². The molecule has 1 saturated heterocycles. The fraction of sp³-hybridized carbons (Fsp3) is 0.323. The fourth-order valence-corrected chi connectivity index (χ4v) is 4.48. The Kier molecular flexibility index (Phi) is 11.4. The van der Waals surface area contributed by atoms with Gasteiger partial charge in [-0.1, -0.05) is 42.8 Å². The molecule has 2 aromatic heterocycles. The van der Waals surface area contributed by atoms with Crippen molar-refractivity contribution in [2.75, 3.05) is 30.3 Å². The minimum atomic E-state index is -4.40. The summed E-state index contributed by atoms with van der Waals surface area (Å²) in [7, 11) is 0. The number of nitrogens with zero attached hydrogens (tertiary/aromatic N) is 3. The van der Waals surface area contributed by atoms with Crippen molar-refractivity contribution in [1.29, 1.82) is 0 Å². The molecule has 8 nitrogen and oxygen atoms in total. The van der Waals surface area contributed by atoms with Gasteiger partial charge in [-0.05, 0) is 79.4 Å². The highest BCUT2D eigenvalue weighted by molar-refractivity contribution is 6.30. The Morgan fingerprint density at radius 2 is 1.67 bits per heavy atom. The number of amides is 1. The van der Waals surface area contributed by atoms with E-state index in [0.29, 0.717) is 34.7 Å². The molecular weight excluding hydrogens is 579 g/mol. The summed E-state index contributed by atoms with van der Waals surface area (Å²) < 4.78 is 39.9. The van der Waals surface area contributed by atoms with E-state index in [4.69, 9.17) is 11.6 Å². The highest BCUT2D eigenvalue weighted by Gasteiger charge is 2.29. The van der Waals surface area contributed by atoms with Gasteiger partial charge in [0, 0.05) is 36.6 Å². The van der Waals surface area contributed by atoms with Crippen molar-refractivity contribution in [2.24, 2.45) is 5.92 Å². The van der Waals surface area contributed by atoms with Crippen LogP contribution in [0.1, 0.15) is 36.5 Å². The summed E-state index contributed by atoms with van der Waals surface area (Å²) in [5.41, 5.74) is 0.775. The van der Waals surface area contributed by atoms with Crippen LogP contribution in [0.3, 0.4) is 0 Å². The maximum atomic E-state index is 12.7. The molecule has 1 amide bonds. The normalized spacial score (nSPS) is 13.5. The van der Waals surface area contributed by atoms with Crippen LogP contribution >= 0.6 is 11.6 Å². The minimum Gasteiger partial charge on any atom is -0.361 e. The van der Waals surface area contributed by atoms with Crippen molar-refractivity contribution in [3.8, 4) is 5.82 Å². The minimum absolute atomic E-state index is 0.0868. The number of aromatic nitrogens is 3. The molecule has 0 unspecified atom stereocenters. The quantitative estimate of drug-likeness (QED) is 0.177. The summed E-state index contributed by atoms with van der Waals surface area (Å²) in [4.78, 5) is 21.3. The van der Waals surface area contributed by atoms with Crippen LogP contribution in [-0.2, 0) is 24.1 Å². The maximum Gasteiger partial charge on any atom is 0.416 e. The molecule has 12 heteroatoms. The van der Waals surface area contributed by atoms with E-state index in [2.05, 4.69) is 38.2 Å². The smallest absolute Gasteiger partial charge is 0.361 e. The lowest BCUT2D eigenvalue weighted by Gasteiger charge is -2.17. The predicted octanol–water partition coefficient (Wildman–Crippen LogP) is 6.29. The van der Waals surface area contributed by atoms with Gasteiger partial charge in [0.05, 0.1) is 12.1 Å². The van der Waals surface area contributed by atoms with Gasteiger partial charge in [-0.2, -0.15) is 23.1 Å². The lowest BCUT2D eigenvalue weighted by Crippen LogP contribution is -2.29. The second-order valence-electron chi connectivity index (χ2n) is 10.3. The van der Waals surface area contributed by atoms with Crippen molar-refractivity contribution >= 4 is 29.3 Å². The molecule has 1 fully saturated rings. The zero-order valence-electron chi connectivity index (χ0n) is 23.8. The zero-order valence-corrected chi connectivity index (χ0v) is 24.6. The van der Waals surface area contributed by atoms with Gasteiger partial charge in [0.25, 0.3) is 0 Å². The third kappa shape index (κ3) is 10.6. The Morgan fingerprint density at radius 3 is 2.30 bits per heavy atom. The number of anilines is 2. The summed E-state index contributed by atoms with van der Waals surface area (Å²) in [6, 6.07) is 17.5. The Morgan fingerprint density at radius 1 is 0.953 bits per heavy atom. The second-order valence-corrected chi connectivity index (χ2v) is 10.7. The molecule has 0 saturated carbocycles. The third-order valence-corrected chi connectivity index (χ3v) is 6.99. The van der Waals surface area contributed by atoms with E-state index in [9.17, 15) is 18.0 Å². The number of benzene rings is 2. The van der Waals surface area contributed by atoms with E-state index in [1.165, 1.54) is 38.1 Å². The molecule has 0 radical (unpaired) electrons. The zero-order chi connectivity index (χ0) is 30.7. The second kappa shape index (κ2) is 15.4. The lowest BCUT2D eigenvalue weighted by atomic mass is 10.0. The number of halogens is 4. The summed E-state index contributed by atoms with van der Waals surface area (Å²) in [6.45, 7) is 5.26. The van der Waals surface area contributed by atoms with Crippen LogP contribution in [0.4, 0.5) is 24.9 Å². The molecule has 1 aliphatic rings. The Labute approximate surface area is 254 Å². The van der Waals surface area contributed by atoms with Gasteiger partial charge < -0.3 is 25.8 Å². The summed E-state index contributed by atoms with van der Waals surface area (Å²) in [5, 5.41) is 12.8. The number of hydrogen-bond acceptors (Lipinski definition) is 6. The van der Waals surface area contributed by atoms with Gasteiger partial charge >= 0.3 is 6.18 Å². The molecule has 1 aliphatic heterocycles. The first-order valence-corrected chi connectivity index (χ1v) is 14.4. The van der Waals surface area contributed by atoms with Crippen LogP contribution in [0, 0.1) is 5.92 Å². The first-order valence-electron chi connectivity index (χ1n) is 14.0. The Hall–Kier alpha value is -4.09. The van der Waals surface area contributed by atoms with Crippen molar-refractivity contribution in [1.82, 2.24) is 25.2 Å². The predicted molar refractivity (Wildman–Crippen MR) is 163 cm³/mol. The molecule has 4 aromatic rings. The van der Waals surface area contributed by atoms with Gasteiger partial charge in [-0.25, -0.2) is 0 Å². The van der Waals surface area contributed by atoms with Crippen LogP contribution in [0.2, 0.25) is 5.02 Å². The Balaban J connectivity index is 0.000000530. The van der Waals surface area contributed by atoms with Crippen molar-refractivity contribution in [3.05, 3.63) is 101 Å². The number of rotatable bonds is 9. The maximum absolute atomic E-state index is 12.7. The van der Waals surface area contributed by atoms with E-state index in [1.54, 1.807) is 12.1 Å². The van der Waals surface area contributed by atoms with Gasteiger partial charge in [-0.15, -0.1) is 0 Å². The van der Waals surface area contributed by atoms with Crippen LogP contribution in [0.25, 0.3) is 5.82 Å². The molecule has 0 spiro atoms. The molecular formula is C31H35ClF3N7O. The topological polar surface area (TPSA) is 95.9 Å². The highest BCUT2D eigenvalue weighted by atomic mass is 35.5. The average Bonchev–Trinajstić information content (AvgIpc) is 3.54. The van der Waals surface area contributed by atoms with Crippen molar-refractivity contribution in [2.45, 2.75) is 39.0 Å². The fourth-order valence-electron chi connectivity index (χ4n) is 4.26. The van der Waals surface area contributed by atoms with E-state index >= 15 is 0 Å². The van der Waals surface area contributed by atoms with E-state index in [-0.39, 0.29) is 19.0 Å². The van der Waals surface area contributed by atoms with Gasteiger partial charge in [0.15, 0.2) is 0 Å². The molecule has 2 aromatic carbocycles. The molecule has 0 bridgehead atoms. The first-order chi connectivity index (χ1) is 20.7. The summed E-state index contributed by atoms with van der Waals surface area (Å²) in [5.74, 6) is 2.00. The Bertz CT molecular complexity index is 1440. The van der Waals surface area contributed by atoms with E-state index in [1.807, 2.05) is 47.3 Å². The standard InChI is InChI=1S/C25H22ClF3N6O.C6H13N/c26-20-5-3-4-18(12-20)15-32-24-33-21(13-22(34-24)35-10-1-2-11-35)30-16-23(36)31-14-17-6-8-19(9-7-17)25(27,28)29;1-6-2-4-7-5-3-6/h1-13H,14-16H2,(H,31,36)(H2,30,32,33,34);6-7H,2-5H2,1H3. The van der Waals surface area contributed by atoms with Crippen LogP contribution < -0.4 is 21.3 Å². The number of nitrogens with one attached hydrogen (secondary N) is 4. The van der Waals surface area contributed by atoms with Crippen LogP contribution in [-0.4, -0.2) is 40.1 Å². The SMILES string of the molecule is CC1CCNCC1.O=C(CNc1cc(-n2cccc2)nc(NCc2cccc(Cl)c2)n1)NCc1ccc(C(F)(F)F)cc1. The van der Waals surface area contributed by atoms with Crippen molar-refractivity contribution < 1.29 is 18.0 Å². The molecule has 0 aliphatic carbocycles. The van der Waals surface area contributed by atoms with Crippen LogP contribution in [0.15, 0.2) is 79.1 Å². The number of hydrogen-bond donors (Lipinski definition) is 4. The molecule has 4 N–H and O–H groups in total. The average molecular weight is 614 g/mol. The third-order valence-electron chi connectivity index (χ3n) is 6.75.